The van der Waals surface area contributed by atoms with E-state index in [1.54, 1.807) is 24.3 Å². The van der Waals surface area contributed by atoms with E-state index in [0.29, 0.717) is 11.4 Å². The Hall–Kier alpha value is -3.92. The molecular weight excluding hydrogens is 450 g/mol. The molecule has 2 nitrogen and oxygen atoms in total. The van der Waals surface area contributed by atoms with Crippen LogP contribution in [0.3, 0.4) is 0 Å². The van der Waals surface area contributed by atoms with E-state index < -0.39 is 0 Å². The van der Waals surface area contributed by atoms with Crippen molar-refractivity contribution in [1.82, 2.24) is 0 Å². The minimum Gasteiger partial charge on any atom is -0.246 e. The maximum Gasteiger partial charge on any atom is 0.123 e. The summed E-state index contributed by atoms with van der Waals surface area (Å²) in [7, 11) is 0. The van der Waals surface area contributed by atoms with Crippen LogP contribution in [-0.2, 0) is 0 Å². The Morgan fingerprint density at radius 3 is 1.03 bits per heavy atom. The average Bonchev–Trinajstić information content (AvgIpc) is 2.80. The van der Waals surface area contributed by atoms with Crippen LogP contribution < -0.4 is 0 Å². The monoisotopic (exact) mass is 480 g/mol. The molecule has 4 aromatic rings. The highest BCUT2D eigenvalue weighted by atomic mass is 19.1. The lowest BCUT2D eigenvalue weighted by molar-refractivity contribution is 0.627. The van der Waals surface area contributed by atoms with Crippen LogP contribution in [0.25, 0.3) is 0 Å². The van der Waals surface area contributed by atoms with Crippen LogP contribution >= 0.6 is 0 Å². The second kappa shape index (κ2) is 10.4. The summed E-state index contributed by atoms with van der Waals surface area (Å²) in [5.41, 5.74) is 10.8. The van der Waals surface area contributed by atoms with Gasteiger partial charge in [0.15, 0.2) is 0 Å². The molecule has 0 saturated heterocycles. The van der Waals surface area contributed by atoms with Gasteiger partial charge >= 0.3 is 0 Å². The zero-order valence-corrected chi connectivity index (χ0v) is 21.6. The van der Waals surface area contributed by atoms with Crippen molar-refractivity contribution < 1.29 is 8.78 Å². The average molecular weight is 481 g/mol. The minimum atomic E-state index is -0.328. The molecular formula is C32H30F2N2. The van der Waals surface area contributed by atoms with E-state index in [4.69, 9.17) is 9.98 Å². The lowest BCUT2D eigenvalue weighted by atomic mass is 9.97. The molecule has 4 heteroatoms. The smallest absolute Gasteiger partial charge is 0.123 e. The first-order valence-electron chi connectivity index (χ1n) is 12.0. The second-order valence-electron chi connectivity index (χ2n) is 9.43. The lowest BCUT2D eigenvalue weighted by Crippen LogP contribution is -2.18. The molecule has 4 rings (SSSR count). The zero-order valence-electron chi connectivity index (χ0n) is 21.6. The van der Waals surface area contributed by atoms with E-state index in [0.717, 1.165) is 55.9 Å². The van der Waals surface area contributed by atoms with E-state index in [1.807, 2.05) is 27.7 Å². The van der Waals surface area contributed by atoms with Gasteiger partial charge in [-0.15, -0.1) is 0 Å². The molecule has 0 radical (unpaired) electrons. The van der Waals surface area contributed by atoms with Gasteiger partial charge in [0.2, 0.25) is 0 Å². The molecule has 0 unspecified atom stereocenters. The molecule has 36 heavy (non-hydrogen) atoms. The quantitative estimate of drug-likeness (QED) is 0.255. The maximum absolute atomic E-state index is 13.9. The Labute approximate surface area is 212 Å². The molecule has 0 amide bonds. The normalized spacial score (nSPS) is 12.2. The fourth-order valence-corrected chi connectivity index (χ4v) is 4.65. The number of rotatable bonds is 5. The van der Waals surface area contributed by atoms with Gasteiger partial charge in [-0.2, -0.15) is 0 Å². The van der Waals surface area contributed by atoms with Crippen molar-refractivity contribution in [3.8, 4) is 0 Å². The SMILES string of the molecule is Cc1cc(C)c(N=C(C(=Nc2c(C)cc(C)cc2C)c2ccc(F)cc2)c2ccc(F)cc2)c(C)c1. The summed E-state index contributed by atoms with van der Waals surface area (Å²) in [4.78, 5) is 10.3. The van der Waals surface area contributed by atoms with E-state index >= 15 is 0 Å². The van der Waals surface area contributed by atoms with E-state index in [2.05, 4.69) is 38.1 Å². The number of aliphatic imine (C=N–C) groups is 2. The van der Waals surface area contributed by atoms with Crippen molar-refractivity contribution in [1.29, 1.82) is 0 Å². The van der Waals surface area contributed by atoms with Crippen LogP contribution in [0, 0.1) is 53.2 Å². The van der Waals surface area contributed by atoms with Crippen molar-refractivity contribution in [2.45, 2.75) is 41.5 Å². The molecule has 0 aromatic heterocycles. The molecule has 0 heterocycles. The summed E-state index contributed by atoms with van der Waals surface area (Å²) in [5, 5.41) is 0. The number of hydrogen-bond donors (Lipinski definition) is 0. The standard InChI is InChI=1S/C32H30F2N2/c1-19-15-21(3)29(22(4)16-19)35-31(25-7-11-27(33)12-8-25)32(26-9-13-28(34)14-10-26)36-30-23(5)17-20(2)18-24(30)6/h7-18H,1-6H3. The van der Waals surface area contributed by atoms with Crippen molar-refractivity contribution in [2.24, 2.45) is 9.98 Å². The van der Waals surface area contributed by atoms with Gasteiger partial charge in [0.05, 0.1) is 22.8 Å². The Bertz CT molecular complexity index is 1320. The first-order chi connectivity index (χ1) is 17.1. The van der Waals surface area contributed by atoms with E-state index in [1.165, 1.54) is 24.3 Å². The third-order valence-electron chi connectivity index (χ3n) is 6.18. The van der Waals surface area contributed by atoms with Gasteiger partial charge < -0.3 is 0 Å². The fraction of sp³-hybridized carbons (Fsp3) is 0.188. The van der Waals surface area contributed by atoms with Crippen LogP contribution in [0.15, 0.2) is 82.8 Å². The molecule has 0 bridgehead atoms. The largest absolute Gasteiger partial charge is 0.246 e. The number of nitrogens with zero attached hydrogens (tertiary/aromatic N) is 2. The molecule has 0 aliphatic rings. The number of benzene rings is 4. The Balaban J connectivity index is 2.07. The molecule has 0 fully saturated rings. The van der Waals surface area contributed by atoms with Crippen molar-refractivity contribution in [3.05, 3.63) is 129 Å². The topological polar surface area (TPSA) is 24.7 Å². The number of halogens is 2. The van der Waals surface area contributed by atoms with Crippen molar-refractivity contribution >= 4 is 22.8 Å². The predicted molar refractivity (Wildman–Crippen MR) is 146 cm³/mol. The van der Waals surface area contributed by atoms with Crippen LogP contribution in [0.4, 0.5) is 20.2 Å². The third kappa shape index (κ3) is 5.49. The van der Waals surface area contributed by atoms with Gasteiger partial charge in [0, 0.05) is 11.1 Å². The number of hydrogen-bond acceptors (Lipinski definition) is 2. The summed E-state index contributed by atoms with van der Waals surface area (Å²) in [6, 6.07) is 20.9. The highest BCUT2D eigenvalue weighted by Gasteiger charge is 2.18. The van der Waals surface area contributed by atoms with Crippen LogP contribution in [-0.4, -0.2) is 11.4 Å². The van der Waals surface area contributed by atoms with Crippen LogP contribution in [0.2, 0.25) is 0 Å². The highest BCUT2D eigenvalue weighted by molar-refractivity contribution is 6.54. The summed E-state index contributed by atoms with van der Waals surface area (Å²) in [6.07, 6.45) is 0. The fourth-order valence-electron chi connectivity index (χ4n) is 4.65. The van der Waals surface area contributed by atoms with Gasteiger partial charge in [0.1, 0.15) is 11.6 Å². The molecule has 0 N–H and O–H groups in total. The molecule has 0 atom stereocenters. The molecule has 0 aliphatic heterocycles. The van der Waals surface area contributed by atoms with Gasteiger partial charge in [-0.3, -0.25) is 0 Å². The van der Waals surface area contributed by atoms with Gasteiger partial charge in [0.25, 0.3) is 0 Å². The predicted octanol–water partition coefficient (Wildman–Crippen LogP) is 8.76. The minimum absolute atomic E-state index is 0.328. The molecule has 0 aliphatic carbocycles. The molecule has 4 aromatic carbocycles. The third-order valence-corrected chi connectivity index (χ3v) is 6.18. The molecule has 0 saturated carbocycles. The Morgan fingerprint density at radius 1 is 0.472 bits per heavy atom. The Morgan fingerprint density at radius 2 is 0.750 bits per heavy atom. The Kier molecular flexibility index (Phi) is 7.25. The first-order valence-corrected chi connectivity index (χ1v) is 12.0. The summed E-state index contributed by atoms with van der Waals surface area (Å²) >= 11 is 0. The van der Waals surface area contributed by atoms with Gasteiger partial charge in [-0.05, 0) is 112 Å². The summed E-state index contributed by atoms with van der Waals surface area (Å²) in [6.45, 7) is 12.2. The van der Waals surface area contributed by atoms with Crippen molar-refractivity contribution in [3.63, 3.8) is 0 Å². The summed E-state index contributed by atoms with van der Waals surface area (Å²) < 4.78 is 27.8. The summed E-state index contributed by atoms with van der Waals surface area (Å²) in [5.74, 6) is -0.655. The maximum atomic E-state index is 13.9. The van der Waals surface area contributed by atoms with E-state index in [-0.39, 0.29) is 11.6 Å². The zero-order chi connectivity index (χ0) is 26.0. The molecule has 0 spiro atoms. The number of aryl methyl sites for hydroxylation is 6. The van der Waals surface area contributed by atoms with Crippen LogP contribution in [0.1, 0.15) is 44.5 Å². The lowest BCUT2D eigenvalue weighted by Gasteiger charge is -2.16. The molecule has 182 valence electrons. The van der Waals surface area contributed by atoms with Gasteiger partial charge in [-0.1, -0.05) is 35.4 Å². The van der Waals surface area contributed by atoms with E-state index in [9.17, 15) is 8.78 Å². The second-order valence-corrected chi connectivity index (χ2v) is 9.43. The van der Waals surface area contributed by atoms with Gasteiger partial charge in [-0.25, -0.2) is 18.8 Å². The highest BCUT2D eigenvalue weighted by Crippen LogP contribution is 2.30. The van der Waals surface area contributed by atoms with Crippen molar-refractivity contribution in [2.75, 3.05) is 0 Å². The first kappa shape index (κ1) is 25.2. The van der Waals surface area contributed by atoms with Crippen LogP contribution in [0.5, 0.6) is 0 Å².